The van der Waals surface area contributed by atoms with Crippen LogP contribution in [0.15, 0.2) is 42.0 Å². The minimum Gasteiger partial charge on any atom is -0.298 e. The van der Waals surface area contributed by atoms with Gasteiger partial charge in [0.25, 0.3) is 11.6 Å². The number of carbonyl (C=O) groups excluding carboxylic acids is 1. The number of aryl methyl sites for hydroxylation is 1. The first-order chi connectivity index (χ1) is 12.6. The summed E-state index contributed by atoms with van der Waals surface area (Å²) in [6.07, 6.45) is 3.32. The molecule has 0 saturated carbocycles. The third kappa shape index (κ3) is 3.73. The summed E-state index contributed by atoms with van der Waals surface area (Å²) in [5.41, 5.74) is 0.902. The predicted octanol–water partition coefficient (Wildman–Crippen LogP) is 3.08. The molecule has 10 heteroatoms. The van der Waals surface area contributed by atoms with E-state index in [-0.39, 0.29) is 17.7 Å². The number of hydrogen-bond donors (Lipinski definition) is 1. The van der Waals surface area contributed by atoms with E-state index in [2.05, 4.69) is 15.4 Å². The Morgan fingerprint density at radius 1 is 1.46 bits per heavy atom. The maximum absolute atomic E-state index is 12.6. The summed E-state index contributed by atoms with van der Waals surface area (Å²) in [6, 6.07) is 7.92. The highest BCUT2D eigenvalue weighted by Crippen LogP contribution is 2.27. The topological polar surface area (TPSA) is 127 Å². The van der Waals surface area contributed by atoms with E-state index in [1.54, 1.807) is 17.6 Å². The number of nitro benzene ring substituents is 1. The van der Waals surface area contributed by atoms with Crippen LogP contribution in [-0.2, 0) is 6.54 Å². The molecule has 0 unspecified atom stereocenters. The smallest absolute Gasteiger partial charge is 0.270 e. The van der Waals surface area contributed by atoms with Gasteiger partial charge < -0.3 is 0 Å². The van der Waals surface area contributed by atoms with Crippen LogP contribution in [0, 0.1) is 21.4 Å². The monoisotopic (exact) mass is 368 g/mol. The fraction of sp³-hybridized carbons (Fsp3) is 0.125. The van der Waals surface area contributed by atoms with Crippen molar-refractivity contribution in [2.75, 3.05) is 5.32 Å². The molecule has 1 aromatic carbocycles. The second-order valence-corrected chi connectivity index (χ2v) is 6.06. The fourth-order valence-corrected chi connectivity index (χ4v) is 2.82. The number of rotatable bonds is 6. The minimum atomic E-state index is -0.508. The molecule has 0 aliphatic carbocycles. The molecule has 0 radical (unpaired) electrons. The van der Waals surface area contributed by atoms with Gasteiger partial charge in [-0.2, -0.15) is 10.4 Å². The van der Waals surface area contributed by atoms with Gasteiger partial charge in [-0.25, -0.2) is 4.98 Å². The van der Waals surface area contributed by atoms with Crippen molar-refractivity contribution in [1.82, 2.24) is 14.8 Å². The molecule has 0 spiro atoms. The number of aromatic nitrogens is 3. The zero-order valence-corrected chi connectivity index (χ0v) is 14.1. The molecule has 3 aromatic rings. The van der Waals surface area contributed by atoms with Gasteiger partial charge in [0, 0.05) is 35.5 Å². The number of anilines is 1. The quantitative estimate of drug-likeness (QED) is 0.526. The maximum Gasteiger partial charge on any atom is 0.270 e. The standard InChI is InChI=1S/C16H12N6O3S/c17-5-2-7-21-10-13(15(23)19-16-18-6-8-26-16)14(20-21)11-3-1-4-12(9-11)22(24)25/h1,3-4,6,8-10H,2,7H2,(H,18,19,23). The summed E-state index contributed by atoms with van der Waals surface area (Å²) < 4.78 is 1.48. The molecule has 1 amide bonds. The van der Waals surface area contributed by atoms with Gasteiger partial charge in [0.05, 0.1) is 29.5 Å². The first-order valence-electron chi connectivity index (χ1n) is 7.48. The Labute approximate surface area is 151 Å². The van der Waals surface area contributed by atoms with Crippen molar-refractivity contribution in [1.29, 1.82) is 5.26 Å². The molecule has 9 nitrogen and oxygen atoms in total. The van der Waals surface area contributed by atoms with Crippen LogP contribution in [0.2, 0.25) is 0 Å². The van der Waals surface area contributed by atoms with E-state index in [0.29, 0.717) is 22.9 Å². The largest absolute Gasteiger partial charge is 0.298 e. The first kappa shape index (κ1) is 17.2. The zero-order chi connectivity index (χ0) is 18.5. The lowest BCUT2D eigenvalue weighted by molar-refractivity contribution is -0.384. The Bertz CT molecular complexity index is 990. The van der Waals surface area contributed by atoms with Gasteiger partial charge in [-0.15, -0.1) is 11.3 Å². The molecular weight excluding hydrogens is 356 g/mol. The summed E-state index contributed by atoms with van der Waals surface area (Å²) in [5, 5.41) is 28.9. The molecule has 3 rings (SSSR count). The van der Waals surface area contributed by atoms with E-state index in [1.807, 2.05) is 6.07 Å². The Hall–Kier alpha value is -3.58. The third-order valence-corrected chi connectivity index (χ3v) is 4.13. The number of benzene rings is 1. The zero-order valence-electron chi connectivity index (χ0n) is 13.3. The molecule has 2 heterocycles. The number of nitriles is 1. The van der Waals surface area contributed by atoms with Crippen LogP contribution in [0.3, 0.4) is 0 Å². The lowest BCUT2D eigenvalue weighted by Crippen LogP contribution is -2.12. The predicted molar refractivity (Wildman–Crippen MR) is 94.6 cm³/mol. The molecule has 0 fully saturated rings. The number of nitrogens with one attached hydrogen (secondary N) is 1. The second-order valence-electron chi connectivity index (χ2n) is 5.16. The fourth-order valence-electron chi connectivity index (χ4n) is 2.30. The summed E-state index contributed by atoms with van der Waals surface area (Å²) >= 11 is 1.27. The Morgan fingerprint density at radius 2 is 2.31 bits per heavy atom. The Balaban J connectivity index is 2.00. The number of amides is 1. The van der Waals surface area contributed by atoms with Crippen LogP contribution >= 0.6 is 11.3 Å². The molecule has 2 aromatic heterocycles. The summed E-state index contributed by atoms with van der Waals surface area (Å²) in [4.78, 5) is 27.1. The normalized spacial score (nSPS) is 10.3. The number of carbonyl (C=O) groups is 1. The van der Waals surface area contributed by atoms with Crippen molar-refractivity contribution in [2.24, 2.45) is 0 Å². The van der Waals surface area contributed by atoms with Crippen molar-refractivity contribution in [3.05, 3.63) is 57.7 Å². The molecule has 1 N–H and O–H groups in total. The SMILES string of the molecule is N#CCCn1cc(C(=O)Nc2nccs2)c(-c2cccc([N+](=O)[O-])c2)n1. The Morgan fingerprint density at radius 3 is 3.00 bits per heavy atom. The minimum absolute atomic E-state index is 0.0969. The first-order valence-corrected chi connectivity index (χ1v) is 8.36. The van der Waals surface area contributed by atoms with Crippen molar-refractivity contribution in [3.8, 4) is 17.3 Å². The lowest BCUT2D eigenvalue weighted by atomic mass is 10.1. The lowest BCUT2D eigenvalue weighted by Gasteiger charge is -2.03. The molecule has 0 aliphatic heterocycles. The van der Waals surface area contributed by atoms with Gasteiger partial charge in [-0.05, 0) is 0 Å². The molecule has 0 saturated heterocycles. The van der Waals surface area contributed by atoms with Crippen molar-refractivity contribution in [2.45, 2.75) is 13.0 Å². The highest BCUT2D eigenvalue weighted by Gasteiger charge is 2.20. The van der Waals surface area contributed by atoms with Gasteiger partial charge in [-0.3, -0.25) is 24.9 Å². The number of nitrogens with zero attached hydrogens (tertiary/aromatic N) is 5. The van der Waals surface area contributed by atoms with Crippen molar-refractivity contribution < 1.29 is 9.72 Å². The molecule has 0 aliphatic rings. The molecule has 26 heavy (non-hydrogen) atoms. The van der Waals surface area contributed by atoms with E-state index in [4.69, 9.17) is 5.26 Å². The number of hydrogen-bond acceptors (Lipinski definition) is 7. The van der Waals surface area contributed by atoms with Gasteiger partial charge in [0.1, 0.15) is 5.69 Å². The van der Waals surface area contributed by atoms with Crippen LogP contribution in [0.5, 0.6) is 0 Å². The molecular formula is C16H12N6O3S. The summed E-state index contributed by atoms with van der Waals surface area (Å²) in [7, 11) is 0. The molecule has 0 bridgehead atoms. The molecule has 130 valence electrons. The number of nitro groups is 1. The van der Waals surface area contributed by atoms with E-state index >= 15 is 0 Å². The van der Waals surface area contributed by atoms with Gasteiger partial charge in [0.2, 0.25) is 0 Å². The highest BCUT2D eigenvalue weighted by atomic mass is 32.1. The van der Waals surface area contributed by atoms with Crippen LogP contribution in [-0.4, -0.2) is 25.6 Å². The maximum atomic E-state index is 12.6. The Kier molecular flexibility index (Phi) is 5.00. The molecule has 0 atom stereocenters. The van der Waals surface area contributed by atoms with Crippen molar-refractivity contribution >= 4 is 28.1 Å². The van der Waals surface area contributed by atoms with E-state index < -0.39 is 10.8 Å². The average molecular weight is 368 g/mol. The summed E-state index contributed by atoms with van der Waals surface area (Å²) in [6.45, 7) is 0.308. The van der Waals surface area contributed by atoms with Gasteiger partial charge in [0.15, 0.2) is 5.13 Å². The number of non-ortho nitro benzene ring substituents is 1. The van der Waals surface area contributed by atoms with Crippen LogP contribution in [0.1, 0.15) is 16.8 Å². The van der Waals surface area contributed by atoms with Crippen LogP contribution in [0.25, 0.3) is 11.3 Å². The second kappa shape index (κ2) is 7.54. The third-order valence-electron chi connectivity index (χ3n) is 3.44. The average Bonchev–Trinajstić information content (AvgIpc) is 3.29. The van der Waals surface area contributed by atoms with Gasteiger partial charge >= 0.3 is 0 Å². The van der Waals surface area contributed by atoms with E-state index in [9.17, 15) is 14.9 Å². The van der Waals surface area contributed by atoms with Gasteiger partial charge in [-0.1, -0.05) is 12.1 Å². The van der Waals surface area contributed by atoms with E-state index in [0.717, 1.165) is 0 Å². The van der Waals surface area contributed by atoms with Crippen molar-refractivity contribution in [3.63, 3.8) is 0 Å². The summed E-state index contributed by atoms with van der Waals surface area (Å²) in [5.74, 6) is -0.426. The van der Waals surface area contributed by atoms with Crippen LogP contribution in [0.4, 0.5) is 10.8 Å². The number of thiazole rings is 1. The van der Waals surface area contributed by atoms with Crippen LogP contribution < -0.4 is 5.32 Å². The highest BCUT2D eigenvalue weighted by molar-refractivity contribution is 7.13. The van der Waals surface area contributed by atoms with E-state index in [1.165, 1.54) is 40.4 Å².